The van der Waals surface area contributed by atoms with Crippen LogP contribution in [0, 0.1) is 0 Å². The van der Waals surface area contributed by atoms with Crippen LogP contribution < -0.4 is 10.2 Å². The summed E-state index contributed by atoms with van der Waals surface area (Å²) >= 11 is 0. The fraction of sp³-hybridized carbons (Fsp3) is 0.316. The Hall–Kier alpha value is -2.93. The molecule has 1 saturated heterocycles. The van der Waals surface area contributed by atoms with Gasteiger partial charge in [0.2, 0.25) is 17.1 Å². The number of nitrogens with one attached hydrogen (secondary N) is 1. The molecule has 0 saturated carbocycles. The molecule has 26 heavy (non-hydrogen) atoms. The molecule has 1 atom stereocenters. The van der Waals surface area contributed by atoms with Gasteiger partial charge in [-0.3, -0.25) is 9.69 Å². The van der Waals surface area contributed by atoms with Crippen molar-refractivity contribution in [1.82, 2.24) is 20.0 Å². The summed E-state index contributed by atoms with van der Waals surface area (Å²) in [5, 5.41) is 4.12. The number of aromatic amines is 1. The molecule has 0 spiro atoms. The highest BCUT2D eigenvalue weighted by Crippen LogP contribution is 2.32. The van der Waals surface area contributed by atoms with E-state index >= 15 is 0 Å². The minimum Gasteiger partial charge on any atom is -0.491 e. The Morgan fingerprint density at radius 2 is 2.19 bits per heavy atom. The van der Waals surface area contributed by atoms with E-state index in [1.54, 1.807) is 12.3 Å². The van der Waals surface area contributed by atoms with Crippen molar-refractivity contribution in [3.05, 3.63) is 64.4 Å². The smallest absolute Gasteiger partial charge is 0.244 e. The van der Waals surface area contributed by atoms with Crippen LogP contribution in [0.25, 0.3) is 11.4 Å². The number of likely N-dealkylation sites (tertiary alicyclic amines) is 1. The lowest BCUT2D eigenvalue weighted by Crippen LogP contribution is -2.24. The first-order valence-electron chi connectivity index (χ1n) is 8.63. The second kappa shape index (κ2) is 7.13. The lowest BCUT2D eigenvalue weighted by Gasteiger charge is -2.21. The average Bonchev–Trinajstić information content (AvgIpc) is 3.32. The van der Waals surface area contributed by atoms with Crippen LogP contribution in [0.4, 0.5) is 0 Å². The maximum absolute atomic E-state index is 12.0. The summed E-state index contributed by atoms with van der Waals surface area (Å²) in [6, 6.07) is 11.4. The van der Waals surface area contributed by atoms with Crippen LogP contribution in [0.5, 0.6) is 5.75 Å². The second-order valence-electron chi connectivity index (χ2n) is 6.34. The van der Waals surface area contributed by atoms with Gasteiger partial charge in [0.15, 0.2) is 5.75 Å². The highest BCUT2D eigenvalue weighted by Gasteiger charge is 2.31. The molecule has 2 aromatic heterocycles. The third kappa shape index (κ3) is 3.25. The van der Waals surface area contributed by atoms with Gasteiger partial charge in [0.25, 0.3) is 0 Å². The van der Waals surface area contributed by atoms with E-state index in [1.165, 1.54) is 7.11 Å². The summed E-state index contributed by atoms with van der Waals surface area (Å²) in [4.78, 5) is 21.9. The molecule has 0 unspecified atom stereocenters. The number of methoxy groups -OCH3 is 1. The fourth-order valence-electron chi connectivity index (χ4n) is 3.34. The Labute approximate surface area is 150 Å². The second-order valence-corrected chi connectivity index (χ2v) is 6.34. The lowest BCUT2D eigenvalue weighted by atomic mass is 10.2. The van der Waals surface area contributed by atoms with Gasteiger partial charge in [0.05, 0.1) is 13.2 Å². The van der Waals surface area contributed by atoms with Crippen molar-refractivity contribution in [1.29, 1.82) is 0 Å². The zero-order chi connectivity index (χ0) is 17.9. The highest BCUT2D eigenvalue weighted by atomic mass is 16.5. The molecule has 7 nitrogen and oxygen atoms in total. The number of hydrogen-bond donors (Lipinski definition) is 1. The van der Waals surface area contributed by atoms with E-state index in [1.807, 2.05) is 30.3 Å². The number of H-pyrrole nitrogens is 1. The van der Waals surface area contributed by atoms with Gasteiger partial charge < -0.3 is 14.2 Å². The van der Waals surface area contributed by atoms with Crippen LogP contribution >= 0.6 is 0 Å². The molecule has 1 aliphatic heterocycles. The van der Waals surface area contributed by atoms with Crippen molar-refractivity contribution >= 4 is 0 Å². The van der Waals surface area contributed by atoms with Crippen molar-refractivity contribution < 1.29 is 9.26 Å². The van der Waals surface area contributed by atoms with Crippen molar-refractivity contribution in [2.75, 3.05) is 13.7 Å². The van der Waals surface area contributed by atoms with E-state index in [0.717, 1.165) is 30.6 Å². The quantitative estimate of drug-likeness (QED) is 0.760. The topological polar surface area (TPSA) is 84.2 Å². The summed E-state index contributed by atoms with van der Waals surface area (Å²) in [6.07, 6.45) is 3.61. The minimum absolute atomic E-state index is 0.0607. The molecule has 7 heteroatoms. The summed E-state index contributed by atoms with van der Waals surface area (Å²) in [5.74, 6) is 1.54. The van der Waals surface area contributed by atoms with Crippen LogP contribution in [0.3, 0.4) is 0 Å². The SMILES string of the molecule is COc1c[nH]c(CN2CCC[C@@H]2c2nc(-c3ccccc3)no2)cc1=O. The van der Waals surface area contributed by atoms with Gasteiger partial charge >= 0.3 is 0 Å². The first-order valence-corrected chi connectivity index (χ1v) is 8.63. The zero-order valence-corrected chi connectivity index (χ0v) is 14.5. The number of aromatic nitrogens is 3. The minimum atomic E-state index is -0.124. The maximum Gasteiger partial charge on any atom is 0.244 e. The summed E-state index contributed by atoms with van der Waals surface area (Å²) < 4.78 is 10.6. The van der Waals surface area contributed by atoms with Crippen molar-refractivity contribution in [2.24, 2.45) is 0 Å². The Morgan fingerprint density at radius 1 is 1.35 bits per heavy atom. The number of rotatable bonds is 5. The average molecular weight is 352 g/mol. The van der Waals surface area contributed by atoms with E-state index in [9.17, 15) is 4.79 Å². The van der Waals surface area contributed by atoms with Gasteiger partial charge in [-0.1, -0.05) is 35.5 Å². The standard InChI is InChI=1S/C19H20N4O3/c1-25-17-11-20-14(10-16(17)24)12-23-9-5-8-15(23)19-21-18(22-26-19)13-6-3-2-4-7-13/h2-4,6-7,10-11,15H,5,8-9,12H2,1H3,(H,20,24)/t15-/m1/s1. The largest absolute Gasteiger partial charge is 0.491 e. The van der Waals surface area contributed by atoms with Gasteiger partial charge in [-0.25, -0.2) is 0 Å². The summed E-state index contributed by atoms with van der Waals surface area (Å²) in [5.41, 5.74) is 1.65. The first kappa shape index (κ1) is 16.5. The molecular weight excluding hydrogens is 332 g/mol. The molecule has 134 valence electrons. The lowest BCUT2D eigenvalue weighted by molar-refractivity contribution is 0.199. The molecule has 4 rings (SSSR count). The molecule has 3 aromatic rings. The van der Waals surface area contributed by atoms with Crippen molar-refractivity contribution in [2.45, 2.75) is 25.4 Å². The number of hydrogen-bond acceptors (Lipinski definition) is 6. The van der Waals surface area contributed by atoms with E-state index in [-0.39, 0.29) is 11.5 Å². The predicted octanol–water partition coefficient (Wildman–Crippen LogP) is 2.77. The summed E-state index contributed by atoms with van der Waals surface area (Å²) in [7, 11) is 1.49. The Balaban J connectivity index is 1.53. The normalized spacial score (nSPS) is 17.5. The van der Waals surface area contributed by atoms with Crippen LogP contribution in [0.1, 0.15) is 30.5 Å². The van der Waals surface area contributed by atoms with E-state index in [2.05, 4.69) is 20.0 Å². The molecule has 1 aromatic carbocycles. The number of pyridine rings is 1. The molecule has 0 bridgehead atoms. The van der Waals surface area contributed by atoms with E-state index < -0.39 is 0 Å². The zero-order valence-electron chi connectivity index (χ0n) is 14.5. The van der Waals surface area contributed by atoms with Crippen LogP contribution in [0.2, 0.25) is 0 Å². The molecule has 1 aliphatic rings. The molecule has 1 fully saturated rings. The highest BCUT2D eigenvalue weighted by molar-refractivity contribution is 5.53. The van der Waals surface area contributed by atoms with Crippen molar-refractivity contribution in [3.8, 4) is 17.1 Å². The fourth-order valence-corrected chi connectivity index (χ4v) is 3.34. The molecule has 3 heterocycles. The van der Waals surface area contributed by atoms with Crippen LogP contribution in [-0.2, 0) is 6.54 Å². The third-order valence-electron chi connectivity index (χ3n) is 4.65. The third-order valence-corrected chi connectivity index (χ3v) is 4.65. The van der Waals surface area contributed by atoms with E-state index in [4.69, 9.17) is 9.26 Å². The molecular formula is C19H20N4O3. The van der Waals surface area contributed by atoms with Gasteiger partial charge in [0.1, 0.15) is 0 Å². The Bertz CT molecular complexity index is 935. The van der Waals surface area contributed by atoms with Gasteiger partial charge in [-0.15, -0.1) is 0 Å². The molecule has 1 N–H and O–H groups in total. The predicted molar refractivity (Wildman–Crippen MR) is 95.7 cm³/mol. The summed E-state index contributed by atoms with van der Waals surface area (Å²) in [6.45, 7) is 1.54. The molecule has 0 radical (unpaired) electrons. The van der Waals surface area contributed by atoms with Crippen molar-refractivity contribution in [3.63, 3.8) is 0 Å². The van der Waals surface area contributed by atoms with E-state index in [0.29, 0.717) is 24.0 Å². The Morgan fingerprint density at radius 3 is 2.96 bits per heavy atom. The first-order chi connectivity index (χ1) is 12.7. The molecule has 0 aliphatic carbocycles. The number of benzene rings is 1. The molecule has 0 amide bonds. The number of nitrogens with zero attached hydrogens (tertiary/aromatic N) is 3. The Kier molecular flexibility index (Phi) is 4.53. The van der Waals surface area contributed by atoms with Crippen LogP contribution in [0.15, 0.2) is 51.9 Å². The van der Waals surface area contributed by atoms with Gasteiger partial charge in [0, 0.05) is 30.1 Å². The monoisotopic (exact) mass is 352 g/mol. The maximum atomic E-state index is 12.0. The van der Waals surface area contributed by atoms with Crippen LogP contribution in [-0.4, -0.2) is 33.7 Å². The van der Waals surface area contributed by atoms with Gasteiger partial charge in [-0.2, -0.15) is 4.98 Å². The van der Waals surface area contributed by atoms with Gasteiger partial charge in [-0.05, 0) is 19.4 Å². The number of ether oxygens (including phenoxy) is 1.